The number of fused-ring (bicyclic) bond motifs is 1. The summed E-state index contributed by atoms with van der Waals surface area (Å²) in [5, 5.41) is 5.26. The molecule has 4 rings (SSSR count). The van der Waals surface area contributed by atoms with Crippen LogP contribution in [0.15, 0.2) is 48.5 Å². The molecule has 0 fully saturated rings. The van der Waals surface area contributed by atoms with E-state index in [9.17, 15) is 4.79 Å². The molecule has 178 valence electrons. The predicted molar refractivity (Wildman–Crippen MR) is 139 cm³/mol. The Bertz CT molecular complexity index is 1270. The molecule has 0 aliphatic carbocycles. The Morgan fingerprint density at radius 2 is 1.91 bits per heavy atom. The van der Waals surface area contributed by atoms with Gasteiger partial charge in [0.1, 0.15) is 11.3 Å². The van der Waals surface area contributed by atoms with E-state index in [1.807, 2.05) is 43.7 Å². The van der Waals surface area contributed by atoms with Gasteiger partial charge >= 0.3 is 0 Å². The fraction of sp³-hybridized carbons (Fsp3) is 0.370. The largest absolute Gasteiger partial charge is 0.492 e. The van der Waals surface area contributed by atoms with Gasteiger partial charge in [-0.2, -0.15) is 5.10 Å². The molecule has 2 aromatic carbocycles. The van der Waals surface area contributed by atoms with Crippen LogP contribution in [-0.4, -0.2) is 33.8 Å². The van der Waals surface area contributed by atoms with Crippen LogP contribution in [0.1, 0.15) is 49.2 Å². The third kappa shape index (κ3) is 5.30. The van der Waals surface area contributed by atoms with Crippen molar-refractivity contribution in [1.29, 1.82) is 0 Å². The molecule has 0 aliphatic heterocycles. The van der Waals surface area contributed by atoms with Gasteiger partial charge < -0.3 is 4.74 Å². The van der Waals surface area contributed by atoms with Gasteiger partial charge in [-0.15, -0.1) is 0 Å². The first kappa shape index (κ1) is 24.0. The summed E-state index contributed by atoms with van der Waals surface area (Å²) < 4.78 is 8.73. The number of carbonyl (C=O) groups is 1. The average molecular weight is 477 g/mol. The van der Waals surface area contributed by atoms with Gasteiger partial charge in [0.2, 0.25) is 5.91 Å². The second kappa shape index (κ2) is 10.4. The smallest absolute Gasteiger partial charge is 0.233 e. The van der Waals surface area contributed by atoms with Crippen LogP contribution in [-0.2, 0) is 17.8 Å². The molecule has 0 spiro atoms. The second-order valence-corrected chi connectivity index (χ2v) is 9.81. The summed E-state index contributed by atoms with van der Waals surface area (Å²) in [5.74, 6) is 1.23. The number of rotatable bonds is 9. The van der Waals surface area contributed by atoms with Gasteiger partial charge in [-0.05, 0) is 56.0 Å². The molecule has 0 atom stereocenters. The third-order valence-corrected chi connectivity index (χ3v) is 6.89. The van der Waals surface area contributed by atoms with Crippen LogP contribution in [0, 0.1) is 13.8 Å². The molecule has 0 N–H and O–H groups in total. The number of hydrogen-bond donors (Lipinski definition) is 0. The average Bonchev–Trinajstić information content (AvgIpc) is 3.37. The molecule has 0 saturated heterocycles. The number of benzene rings is 2. The Morgan fingerprint density at radius 3 is 2.56 bits per heavy atom. The van der Waals surface area contributed by atoms with E-state index < -0.39 is 0 Å². The fourth-order valence-electron chi connectivity index (χ4n) is 4.01. The summed E-state index contributed by atoms with van der Waals surface area (Å²) >= 11 is 1.52. The topological polar surface area (TPSA) is 60.2 Å². The van der Waals surface area contributed by atoms with E-state index in [-0.39, 0.29) is 5.91 Å². The standard InChI is InChI=1S/C27H32N4O2S/c1-6-33-23-8-7-9-24-26(23)28-27(34-24)30(14-15-31-20(5)16-19(4)29-31)25(32)17-21-10-12-22(13-11-21)18(2)3/h7-13,16,18H,6,14-15,17H2,1-5H3. The van der Waals surface area contributed by atoms with Crippen LogP contribution >= 0.6 is 11.3 Å². The molecular formula is C27H32N4O2S. The monoisotopic (exact) mass is 476 g/mol. The number of aromatic nitrogens is 3. The van der Waals surface area contributed by atoms with E-state index in [2.05, 4.69) is 49.3 Å². The van der Waals surface area contributed by atoms with E-state index in [1.165, 1.54) is 16.9 Å². The molecule has 0 bridgehead atoms. The van der Waals surface area contributed by atoms with Gasteiger partial charge in [0.25, 0.3) is 0 Å². The van der Waals surface area contributed by atoms with Crippen molar-refractivity contribution in [3.05, 3.63) is 71.0 Å². The molecule has 2 heterocycles. The minimum absolute atomic E-state index is 0.0239. The lowest BCUT2D eigenvalue weighted by Gasteiger charge is -2.20. The van der Waals surface area contributed by atoms with Crippen LogP contribution in [0.3, 0.4) is 0 Å². The number of anilines is 1. The molecule has 0 unspecified atom stereocenters. The molecule has 4 aromatic rings. The molecule has 1 amide bonds. The number of amides is 1. The van der Waals surface area contributed by atoms with Crippen molar-refractivity contribution in [2.24, 2.45) is 0 Å². The summed E-state index contributed by atoms with van der Waals surface area (Å²) in [7, 11) is 0. The van der Waals surface area contributed by atoms with Gasteiger partial charge in [-0.1, -0.05) is 55.5 Å². The molecular weight excluding hydrogens is 444 g/mol. The van der Waals surface area contributed by atoms with Gasteiger partial charge in [0.15, 0.2) is 5.13 Å². The lowest BCUT2D eigenvalue weighted by Crippen LogP contribution is -2.35. The maximum absolute atomic E-state index is 13.6. The van der Waals surface area contributed by atoms with Gasteiger partial charge in [-0.25, -0.2) is 4.98 Å². The zero-order valence-electron chi connectivity index (χ0n) is 20.5. The van der Waals surface area contributed by atoms with Crippen LogP contribution in [0.4, 0.5) is 5.13 Å². The van der Waals surface area contributed by atoms with Gasteiger partial charge in [0, 0.05) is 12.2 Å². The maximum Gasteiger partial charge on any atom is 0.233 e. The van der Waals surface area contributed by atoms with E-state index >= 15 is 0 Å². The van der Waals surface area contributed by atoms with Crippen LogP contribution in [0.25, 0.3) is 10.2 Å². The molecule has 0 saturated carbocycles. The molecule has 0 radical (unpaired) electrons. The van der Waals surface area contributed by atoms with Crippen LogP contribution < -0.4 is 9.64 Å². The Morgan fingerprint density at radius 1 is 1.15 bits per heavy atom. The minimum Gasteiger partial charge on any atom is -0.492 e. The van der Waals surface area contributed by atoms with Crippen molar-refractivity contribution in [2.45, 2.75) is 53.5 Å². The van der Waals surface area contributed by atoms with Crippen molar-refractivity contribution in [3.8, 4) is 5.75 Å². The number of thiazole rings is 1. The van der Waals surface area contributed by atoms with Crippen molar-refractivity contribution < 1.29 is 9.53 Å². The third-order valence-electron chi connectivity index (χ3n) is 5.84. The number of aryl methyl sites for hydroxylation is 2. The van der Waals surface area contributed by atoms with Gasteiger partial charge in [0.05, 0.1) is 30.0 Å². The number of ether oxygens (including phenoxy) is 1. The lowest BCUT2D eigenvalue weighted by molar-refractivity contribution is -0.118. The highest BCUT2D eigenvalue weighted by molar-refractivity contribution is 7.22. The van der Waals surface area contributed by atoms with E-state index in [4.69, 9.17) is 9.72 Å². The molecule has 7 heteroatoms. The highest BCUT2D eigenvalue weighted by Gasteiger charge is 2.22. The summed E-state index contributed by atoms with van der Waals surface area (Å²) in [4.78, 5) is 20.2. The van der Waals surface area contributed by atoms with E-state index in [0.717, 1.165) is 32.9 Å². The number of hydrogen-bond acceptors (Lipinski definition) is 5. The normalized spacial score (nSPS) is 11.4. The first-order chi connectivity index (χ1) is 16.4. The summed E-state index contributed by atoms with van der Waals surface area (Å²) in [6.45, 7) is 12.0. The summed E-state index contributed by atoms with van der Waals surface area (Å²) in [6.07, 6.45) is 0.323. The summed E-state index contributed by atoms with van der Waals surface area (Å²) in [6, 6.07) is 16.3. The highest BCUT2D eigenvalue weighted by atomic mass is 32.1. The predicted octanol–water partition coefficient (Wildman–Crippen LogP) is 5.91. The van der Waals surface area contributed by atoms with E-state index in [1.54, 1.807) is 4.90 Å². The fourth-order valence-corrected chi connectivity index (χ4v) is 5.04. The summed E-state index contributed by atoms with van der Waals surface area (Å²) in [5.41, 5.74) is 5.13. The van der Waals surface area contributed by atoms with Crippen molar-refractivity contribution in [2.75, 3.05) is 18.1 Å². The number of nitrogens with zero attached hydrogens (tertiary/aromatic N) is 4. The highest BCUT2D eigenvalue weighted by Crippen LogP contribution is 2.34. The zero-order valence-corrected chi connectivity index (χ0v) is 21.4. The SMILES string of the molecule is CCOc1cccc2sc(N(CCn3nc(C)cc3C)C(=O)Cc3ccc(C(C)C)cc3)nc12. The number of carbonyl (C=O) groups excluding carboxylic acids is 1. The van der Waals surface area contributed by atoms with Crippen molar-refractivity contribution >= 4 is 32.6 Å². The van der Waals surface area contributed by atoms with Crippen molar-refractivity contribution in [1.82, 2.24) is 14.8 Å². The number of para-hydroxylation sites is 1. The minimum atomic E-state index is 0.0239. The Hall–Kier alpha value is -3.19. The molecule has 6 nitrogen and oxygen atoms in total. The first-order valence-electron chi connectivity index (χ1n) is 11.8. The van der Waals surface area contributed by atoms with Crippen molar-refractivity contribution in [3.63, 3.8) is 0 Å². The zero-order chi connectivity index (χ0) is 24.2. The molecule has 2 aromatic heterocycles. The van der Waals surface area contributed by atoms with E-state index in [0.29, 0.717) is 37.2 Å². The molecule has 34 heavy (non-hydrogen) atoms. The second-order valence-electron chi connectivity index (χ2n) is 8.80. The Balaban J connectivity index is 1.63. The Labute approximate surface area is 205 Å². The van der Waals surface area contributed by atoms with Crippen LogP contribution in [0.5, 0.6) is 5.75 Å². The van der Waals surface area contributed by atoms with Crippen LogP contribution in [0.2, 0.25) is 0 Å². The molecule has 0 aliphatic rings. The maximum atomic E-state index is 13.6. The quantitative estimate of drug-likeness (QED) is 0.301. The Kier molecular flexibility index (Phi) is 7.32. The lowest BCUT2D eigenvalue weighted by atomic mass is 10.0. The first-order valence-corrected chi connectivity index (χ1v) is 12.6. The van der Waals surface area contributed by atoms with Gasteiger partial charge in [-0.3, -0.25) is 14.4 Å².